The van der Waals surface area contributed by atoms with Crippen LogP contribution in [0, 0.1) is 0 Å². The molecule has 0 radical (unpaired) electrons. The van der Waals surface area contributed by atoms with Gasteiger partial charge in [-0.2, -0.15) is 0 Å². The summed E-state index contributed by atoms with van der Waals surface area (Å²) in [6.45, 7) is 4.31. The summed E-state index contributed by atoms with van der Waals surface area (Å²) in [4.78, 5) is 38.5. The maximum Gasteiger partial charge on any atom is 0.409 e. The Bertz CT molecular complexity index is 609. The predicted octanol–water partition coefficient (Wildman–Crippen LogP) is 1.46. The Labute approximate surface area is 146 Å². The Morgan fingerprint density at radius 1 is 1.04 bits per heavy atom. The molecule has 0 bridgehead atoms. The van der Waals surface area contributed by atoms with E-state index in [0.29, 0.717) is 44.9 Å². The van der Waals surface area contributed by atoms with Gasteiger partial charge in [0.2, 0.25) is 0 Å². The Kier molecular flexibility index (Phi) is 6.62. The summed E-state index contributed by atoms with van der Waals surface area (Å²) in [5, 5.41) is 2.84. The summed E-state index contributed by atoms with van der Waals surface area (Å²) in [5.41, 5.74) is 1.35. The number of urea groups is 1. The molecule has 1 saturated heterocycles. The molecule has 1 aliphatic rings. The number of hydrogen-bond acceptors (Lipinski definition) is 5. The van der Waals surface area contributed by atoms with Crippen LogP contribution in [0.1, 0.15) is 22.8 Å². The number of piperazine rings is 1. The molecule has 1 fully saturated rings. The van der Waals surface area contributed by atoms with E-state index in [1.807, 2.05) is 0 Å². The van der Waals surface area contributed by atoms with Gasteiger partial charge >= 0.3 is 18.1 Å². The summed E-state index contributed by atoms with van der Waals surface area (Å²) >= 11 is 0. The van der Waals surface area contributed by atoms with Gasteiger partial charge in [-0.15, -0.1) is 0 Å². The van der Waals surface area contributed by atoms with Crippen molar-refractivity contribution in [3.63, 3.8) is 0 Å². The van der Waals surface area contributed by atoms with Crippen LogP contribution in [0.15, 0.2) is 24.3 Å². The van der Waals surface area contributed by atoms with Gasteiger partial charge in [-0.1, -0.05) is 12.1 Å². The Morgan fingerprint density at radius 2 is 1.64 bits per heavy atom. The number of ether oxygens (including phenoxy) is 2. The van der Waals surface area contributed by atoms with Crippen molar-refractivity contribution in [2.45, 2.75) is 13.5 Å². The van der Waals surface area contributed by atoms with Crippen LogP contribution >= 0.6 is 0 Å². The smallest absolute Gasteiger partial charge is 0.409 e. The zero-order chi connectivity index (χ0) is 18.2. The van der Waals surface area contributed by atoms with Gasteiger partial charge < -0.3 is 24.6 Å². The zero-order valence-electron chi connectivity index (χ0n) is 14.5. The molecule has 1 N–H and O–H groups in total. The van der Waals surface area contributed by atoms with E-state index in [1.165, 1.54) is 7.11 Å². The summed E-state index contributed by atoms with van der Waals surface area (Å²) in [5.74, 6) is -0.393. The average Bonchev–Trinajstić information content (AvgIpc) is 2.66. The standard InChI is InChI=1S/C17H23N3O5/c1-3-25-17(23)20-10-8-19(9-11-20)16(22)18-12-13-4-6-14(7-5-13)15(21)24-2/h4-7H,3,8-12H2,1-2H3,(H,18,22). The molecule has 0 aliphatic carbocycles. The van der Waals surface area contributed by atoms with Gasteiger partial charge in [-0.3, -0.25) is 0 Å². The second-order valence-corrected chi connectivity index (χ2v) is 5.52. The molecule has 0 spiro atoms. The molecule has 1 aromatic rings. The number of esters is 1. The Hall–Kier alpha value is -2.77. The maximum atomic E-state index is 12.2. The van der Waals surface area contributed by atoms with Crippen LogP contribution in [-0.4, -0.2) is 67.8 Å². The molecule has 25 heavy (non-hydrogen) atoms. The summed E-state index contributed by atoms with van der Waals surface area (Å²) < 4.78 is 9.59. The van der Waals surface area contributed by atoms with E-state index in [2.05, 4.69) is 10.1 Å². The molecule has 1 heterocycles. The number of carbonyl (C=O) groups is 3. The molecule has 8 nitrogen and oxygen atoms in total. The van der Waals surface area contributed by atoms with Gasteiger partial charge in [0.05, 0.1) is 19.3 Å². The van der Waals surface area contributed by atoms with Crippen LogP contribution in [0.5, 0.6) is 0 Å². The third kappa shape index (κ3) is 5.10. The summed E-state index contributed by atoms with van der Waals surface area (Å²) in [6, 6.07) is 6.67. The van der Waals surface area contributed by atoms with Gasteiger partial charge in [0.15, 0.2) is 0 Å². The highest BCUT2D eigenvalue weighted by Gasteiger charge is 2.24. The highest BCUT2D eigenvalue weighted by molar-refractivity contribution is 5.89. The number of hydrogen-bond donors (Lipinski definition) is 1. The first-order chi connectivity index (χ1) is 12.0. The quantitative estimate of drug-likeness (QED) is 0.832. The van der Waals surface area contributed by atoms with Crippen molar-refractivity contribution >= 4 is 18.1 Å². The second-order valence-electron chi connectivity index (χ2n) is 5.52. The highest BCUT2D eigenvalue weighted by Crippen LogP contribution is 2.07. The van der Waals surface area contributed by atoms with Crippen molar-refractivity contribution in [3.8, 4) is 0 Å². The number of nitrogens with zero attached hydrogens (tertiary/aromatic N) is 2. The van der Waals surface area contributed by atoms with Gasteiger partial charge in [-0.25, -0.2) is 14.4 Å². The molecule has 0 atom stereocenters. The third-order valence-corrected chi connectivity index (χ3v) is 3.91. The van der Waals surface area contributed by atoms with Gasteiger partial charge in [0, 0.05) is 32.7 Å². The van der Waals surface area contributed by atoms with Crippen LogP contribution in [0.3, 0.4) is 0 Å². The van der Waals surface area contributed by atoms with Crippen LogP contribution in [0.4, 0.5) is 9.59 Å². The maximum absolute atomic E-state index is 12.2. The van der Waals surface area contributed by atoms with Gasteiger partial charge in [-0.05, 0) is 24.6 Å². The fraction of sp³-hybridized carbons (Fsp3) is 0.471. The van der Waals surface area contributed by atoms with Crippen LogP contribution < -0.4 is 5.32 Å². The topological polar surface area (TPSA) is 88.2 Å². The molecule has 2 rings (SSSR count). The van der Waals surface area contributed by atoms with Gasteiger partial charge in [0.25, 0.3) is 0 Å². The van der Waals surface area contributed by atoms with Crippen molar-refractivity contribution < 1.29 is 23.9 Å². The van der Waals surface area contributed by atoms with Gasteiger partial charge in [0.1, 0.15) is 0 Å². The average molecular weight is 349 g/mol. The molecule has 8 heteroatoms. The number of methoxy groups -OCH3 is 1. The van der Waals surface area contributed by atoms with E-state index in [9.17, 15) is 14.4 Å². The predicted molar refractivity (Wildman–Crippen MR) is 90.2 cm³/mol. The van der Waals surface area contributed by atoms with E-state index >= 15 is 0 Å². The summed E-state index contributed by atoms with van der Waals surface area (Å²) in [7, 11) is 1.33. The first kappa shape index (κ1) is 18.6. The van der Waals surface area contributed by atoms with Crippen LogP contribution in [-0.2, 0) is 16.0 Å². The minimum Gasteiger partial charge on any atom is -0.465 e. The lowest BCUT2D eigenvalue weighted by Crippen LogP contribution is -2.53. The molecule has 1 aliphatic heterocycles. The molecule has 0 unspecified atom stereocenters. The monoisotopic (exact) mass is 349 g/mol. The molecule has 1 aromatic carbocycles. The Balaban J connectivity index is 1.77. The molecular formula is C17H23N3O5. The largest absolute Gasteiger partial charge is 0.465 e. The number of benzene rings is 1. The SMILES string of the molecule is CCOC(=O)N1CCN(C(=O)NCc2ccc(C(=O)OC)cc2)CC1. The van der Waals surface area contributed by atoms with Crippen molar-refractivity contribution in [2.75, 3.05) is 39.9 Å². The first-order valence-corrected chi connectivity index (χ1v) is 8.17. The van der Waals surface area contributed by atoms with Crippen LogP contribution in [0.25, 0.3) is 0 Å². The fourth-order valence-electron chi connectivity index (χ4n) is 2.47. The molecule has 0 saturated carbocycles. The molecule has 3 amide bonds. The molecule has 0 aromatic heterocycles. The number of rotatable bonds is 4. The summed E-state index contributed by atoms with van der Waals surface area (Å²) in [6.07, 6.45) is -0.340. The highest BCUT2D eigenvalue weighted by atomic mass is 16.6. The van der Waals surface area contributed by atoms with Crippen LogP contribution in [0.2, 0.25) is 0 Å². The Morgan fingerprint density at radius 3 is 2.20 bits per heavy atom. The third-order valence-electron chi connectivity index (χ3n) is 3.91. The number of nitrogens with one attached hydrogen (secondary N) is 1. The van der Waals surface area contributed by atoms with E-state index in [1.54, 1.807) is 41.0 Å². The minimum atomic E-state index is -0.393. The van der Waals surface area contributed by atoms with Crippen molar-refractivity contribution in [3.05, 3.63) is 35.4 Å². The van der Waals surface area contributed by atoms with E-state index in [-0.39, 0.29) is 12.1 Å². The molecular weight excluding hydrogens is 326 g/mol. The van der Waals surface area contributed by atoms with Crippen molar-refractivity contribution in [2.24, 2.45) is 0 Å². The minimum absolute atomic E-state index is 0.180. The van der Waals surface area contributed by atoms with Crippen molar-refractivity contribution in [1.29, 1.82) is 0 Å². The lowest BCUT2D eigenvalue weighted by molar-refractivity contribution is 0.0600. The first-order valence-electron chi connectivity index (χ1n) is 8.17. The lowest BCUT2D eigenvalue weighted by Gasteiger charge is -2.34. The second kappa shape index (κ2) is 8.91. The zero-order valence-corrected chi connectivity index (χ0v) is 14.5. The van der Waals surface area contributed by atoms with E-state index in [4.69, 9.17) is 4.74 Å². The number of amides is 3. The fourth-order valence-corrected chi connectivity index (χ4v) is 2.47. The van der Waals surface area contributed by atoms with Crippen molar-refractivity contribution in [1.82, 2.24) is 15.1 Å². The number of carbonyl (C=O) groups excluding carboxylic acids is 3. The normalized spacial score (nSPS) is 14.0. The molecule has 136 valence electrons. The lowest BCUT2D eigenvalue weighted by atomic mass is 10.1. The van der Waals surface area contributed by atoms with E-state index < -0.39 is 5.97 Å². The van der Waals surface area contributed by atoms with E-state index in [0.717, 1.165) is 5.56 Å².